The molecule has 0 atom stereocenters. The summed E-state index contributed by atoms with van der Waals surface area (Å²) < 4.78 is 5.09. The first kappa shape index (κ1) is 11.3. The normalized spacial score (nSPS) is 9.94. The van der Waals surface area contributed by atoms with Gasteiger partial charge in [0.25, 0.3) is 5.91 Å². The van der Waals surface area contributed by atoms with Gasteiger partial charge >= 0.3 is 0 Å². The number of hydrogen-bond acceptors (Lipinski definition) is 6. The number of rotatable bonds is 3. The Kier molecular flexibility index (Phi) is 3.20. The van der Waals surface area contributed by atoms with Crippen molar-refractivity contribution in [2.75, 3.05) is 18.2 Å². The van der Waals surface area contributed by atoms with Crippen molar-refractivity contribution in [3.63, 3.8) is 0 Å². The number of benzene rings is 1. The molecule has 88 valence electrons. The maximum absolute atomic E-state index is 11.9. The second-order valence-electron chi connectivity index (χ2n) is 3.16. The molecule has 1 aromatic heterocycles. The smallest absolute Gasteiger partial charge is 0.261 e. The van der Waals surface area contributed by atoms with E-state index in [4.69, 9.17) is 10.5 Å². The Bertz CT molecular complexity index is 527. The molecule has 0 saturated heterocycles. The Hall–Kier alpha value is -2.15. The number of carbonyl (C=O) groups excluding carboxylic acids is 1. The fraction of sp³-hybridized carbons (Fsp3) is 0.100. The maximum atomic E-state index is 11.9. The molecule has 0 radical (unpaired) electrons. The second kappa shape index (κ2) is 4.79. The molecule has 1 amide bonds. The molecule has 2 rings (SSSR count). The number of carbonyl (C=O) groups is 1. The van der Waals surface area contributed by atoms with Gasteiger partial charge in [-0.25, -0.2) is 0 Å². The number of aromatic nitrogens is 2. The van der Waals surface area contributed by atoms with Crippen molar-refractivity contribution < 1.29 is 9.53 Å². The van der Waals surface area contributed by atoms with Crippen LogP contribution in [0.4, 0.5) is 10.8 Å². The van der Waals surface area contributed by atoms with Crippen LogP contribution in [0.1, 0.15) is 10.4 Å². The van der Waals surface area contributed by atoms with Gasteiger partial charge in [-0.3, -0.25) is 10.1 Å². The average molecular weight is 250 g/mol. The third-order valence-corrected chi connectivity index (χ3v) is 2.66. The minimum Gasteiger partial charge on any atom is -0.496 e. The van der Waals surface area contributed by atoms with Gasteiger partial charge in [-0.15, -0.1) is 10.2 Å². The Labute approximate surface area is 101 Å². The molecule has 3 N–H and O–H groups in total. The first-order chi connectivity index (χ1) is 8.20. The Morgan fingerprint density at radius 2 is 2.35 bits per heavy atom. The summed E-state index contributed by atoms with van der Waals surface area (Å²) >= 11 is 1.24. The van der Waals surface area contributed by atoms with E-state index in [9.17, 15) is 4.79 Å². The summed E-state index contributed by atoms with van der Waals surface area (Å²) in [5.41, 5.74) is 8.02. The average Bonchev–Trinajstić information content (AvgIpc) is 2.81. The van der Waals surface area contributed by atoms with Crippen molar-refractivity contribution in [2.45, 2.75) is 0 Å². The van der Waals surface area contributed by atoms with E-state index < -0.39 is 0 Å². The highest BCUT2D eigenvalue weighted by atomic mass is 32.1. The van der Waals surface area contributed by atoms with Crippen molar-refractivity contribution in [1.29, 1.82) is 0 Å². The third-order valence-electron chi connectivity index (χ3n) is 2.05. The van der Waals surface area contributed by atoms with Crippen LogP contribution in [0.15, 0.2) is 23.7 Å². The lowest BCUT2D eigenvalue weighted by molar-refractivity contribution is 0.102. The van der Waals surface area contributed by atoms with Gasteiger partial charge in [-0.05, 0) is 18.2 Å². The molecule has 1 heterocycles. The summed E-state index contributed by atoms with van der Waals surface area (Å²) in [4.78, 5) is 11.9. The molecule has 6 nitrogen and oxygen atoms in total. The number of amides is 1. The summed E-state index contributed by atoms with van der Waals surface area (Å²) in [6.07, 6.45) is 0. The van der Waals surface area contributed by atoms with E-state index in [0.29, 0.717) is 22.1 Å². The maximum Gasteiger partial charge on any atom is 0.261 e. The van der Waals surface area contributed by atoms with Crippen LogP contribution in [0.3, 0.4) is 0 Å². The van der Waals surface area contributed by atoms with Gasteiger partial charge in [-0.1, -0.05) is 11.3 Å². The quantitative estimate of drug-likeness (QED) is 0.803. The van der Waals surface area contributed by atoms with E-state index in [-0.39, 0.29) is 5.91 Å². The molecule has 7 heteroatoms. The van der Waals surface area contributed by atoms with E-state index in [1.165, 1.54) is 24.0 Å². The molecule has 0 saturated carbocycles. The third kappa shape index (κ3) is 2.51. The summed E-state index contributed by atoms with van der Waals surface area (Å²) in [6, 6.07) is 4.86. The van der Waals surface area contributed by atoms with Gasteiger partial charge in [0.15, 0.2) is 0 Å². The molecule has 0 fully saturated rings. The van der Waals surface area contributed by atoms with Crippen molar-refractivity contribution in [1.82, 2.24) is 10.2 Å². The highest BCUT2D eigenvalue weighted by Crippen LogP contribution is 2.22. The van der Waals surface area contributed by atoms with Gasteiger partial charge in [0.2, 0.25) is 5.13 Å². The highest BCUT2D eigenvalue weighted by Gasteiger charge is 2.13. The van der Waals surface area contributed by atoms with Crippen LogP contribution in [-0.2, 0) is 0 Å². The number of nitrogens with one attached hydrogen (secondary N) is 1. The SMILES string of the molecule is COc1ccc(N)cc1C(=O)Nc1nncs1. The topological polar surface area (TPSA) is 90.1 Å². The van der Waals surface area contributed by atoms with Crippen molar-refractivity contribution in [3.05, 3.63) is 29.3 Å². The molecular weight excluding hydrogens is 240 g/mol. The Balaban J connectivity index is 2.26. The number of hydrogen-bond donors (Lipinski definition) is 2. The van der Waals surface area contributed by atoms with E-state index in [1.54, 1.807) is 18.2 Å². The monoisotopic (exact) mass is 250 g/mol. The van der Waals surface area contributed by atoms with Crippen molar-refractivity contribution in [3.8, 4) is 5.75 Å². The van der Waals surface area contributed by atoms with Gasteiger partial charge in [0.1, 0.15) is 11.3 Å². The van der Waals surface area contributed by atoms with Crippen molar-refractivity contribution in [2.24, 2.45) is 0 Å². The number of nitrogens with two attached hydrogens (primary N) is 1. The highest BCUT2D eigenvalue weighted by molar-refractivity contribution is 7.13. The van der Waals surface area contributed by atoms with Crippen LogP contribution >= 0.6 is 11.3 Å². The number of methoxy groups -OCH3 is 1. The molecule has 1 aromatic carbocycles. The summed E-state index contributed by atoms with van der Waals surface area (Å²) in [7, 11) is 1.49. The van der Waals surface area contributed by atoms with Gasteiger partial charge < -0.3 is 10.5 Å². The summed E-state index contributed by atoms with van der Waals surface area (Å²) in [5, 5.41) is 10.4. The molecule has 0 aliphatic rings. The van der Waals surface area contributed by atoms with Crippen molar-refractivity contribution >= 4 is 28.1 Å². The molecule has 17 heavy (non-hydrogen) atoms. The predicted octanol–water partition coefficient (Wildman–Crippen LogP) is 1.38. The lowest BCUT2D eigenvalue weighted by atomic mass is 10.1. The zero-order valence-electron chi connectivity index (χ0n) is 9.01. The fourth-order valence-electron chi connectivity index (χ4n) is 1.30. The van der Waals surface area contributed by atoms with Crippen LogP contribution < -0.4 is 15.8 Å². The fourth-order valence-corrected chi connectivity index (χ4v) is 1.74. The number of anilines is 2. The predicted molar refractivity (Wildman–Crippen MR) is 65.3 cm³/mol. The molecule has 0 bridgehead atoms. The van der Waals surface area contributed by atoms with Crippen LogP contribution in [0.5, 0.6) is 5.75 Å². The zero-order chi connectivity index (χ0) is 12.3. The molecule has 0 aliphatic heterocycles. The Morgan fingerprint density at radius 3 is 3.00 bits per heavy atom. The minimum atomic E-state index is -0.328. The zero-order valence-corrected chi connectivity index (χ0v) is 9.82. The van der Waals surface area contributed by atoms with Crippen LogP contribution in [0, 0.1) is 0 Å². The second-order valence-corrected chi connectivity index (χ2v) is 3.99. The van der Waals surface area contributed by atoms with E-state index >= 15 is 0 Å². The standard InChI is InChI=1S/C10H10N4O2S/c1-16-8-3-2-6(11)4-7(8)9(15)13-10-14-12-5-17-10/h2-5H,11H2,1H3,(H,13,14,15). The number of nitrogens with zero attached hydrogens (tertiary/aromatic N) is 2. The van der Waals surface area contributed by atoms with Crippen LogP contribution in [-0.4, -0.2) is 23.2 Å². The first-order valence-electron chi connectivity index (χ1n) is 4.71. The van der Waals surface area contributed by atoms with E-state index in [2.05, 4.69) is 15.5 Å². The van der Waals surface area contributed by atoms with Gasteiger partial charge in [0, 0.05) is 5.69 Å². The largest absolute Gasteiger partial charge is 0.496 e. The first-order valence-corrected chi connectivity index (χ1v) is 5.59. The minimum absolute atomic E-state index is 0.328. The number of ether oxygens (including phenoxy) is 1. The number of nitrogen functional groups attached to an aromatic ring is 1. The Morgan fingerprint density at radius 1 is 1.53 bits per heavy atom. The summed E-state index contributed by atoms with van der Waals surface area (Å²) in [5.74, 6) is 0.132. The molecule has 2 aromatic rings. The van der Waals surface area contributed by atoms with Crippen LogP contribution in [0.2, 0.25) is 0 Å². The molecule has 0 aliphatic carbocycles. The molecular formula is C10H10N4O2S. The van der Waals surface area contributed by atoms with Gasteiger partial charge in [-0.2, -0.15) is 0 Å². The molecule has 0 spiro atoms. The van der Waals surface area contributed by atoms with E-state index in [1.807, 2.05) is 0 Å². The lowest BCUT2D eigenvalue weighted by Gasteiger charge is -2.08. The molecule has 0 unspecified atom stereocenters. The lowest BCUT2D eigenvalue weighted by Crippen LogP contribution is -2.13. The van der Waals surface area contributed by atoms with E-state index in [0.717, 1.165) is 0 Å². The summed E-state index contributed by atoms with van der Waals surface area (Å²) in [6.45, 7) is 0. The van der Waals surface area contributed by atoms with Crippen LogP contribution in [0.25, 0.3) is 0 Å². The van der Waals surface area contributed by atoms with Gasteiger partial charge in [0.05, 0.1) is 12.7 Å².